The van der Waals surface area contributed by atoms with Gasteiger partial charge in [0.1, 0.15) is 11.1 Å². The average molecular weight is 480 g/mol. The molecule has 0 radical (unpaired) electrons. The Labute approximate surface area is 199 Å². The molecule has 0 bridgehead atoms. The highest BCUT2D eigenvalue weighted by molar-refractivity contribution is 8.00. The largest absolute Gasteiger partial charge is 0.325 e. The topological polar surface area (TPSA) is 71.8 Å². The molecule has 0 saturated heterocycles. The van der Waals surface area contributed by atoms with Gasteiger partial charge in [-0.15, -0.1) is 10.2 Å². The number of fused-ring (bicyclic) bond motifs is 1. The third-order valence-corrected chi connectivity index (χ3v) is 6.86. The fraction of sp³-hybridized carbons (Fsp3) is 0.125. The second-order valence-electron chi connectivity index (χ2n) is 7.65. The lowest BCUT2D eigenvalue weighted by atomic mass is 10.0. The Balaban J connectivity index is 1.52. The van der Waals surface area contributed by atoms with Gasteiger partial charge in [-0.1, -0.05) is 71.9 Å². The van der Waals surface area contributed by atoms with E-state index in [1.165, 1.54) is 23.9 Å². The second kappa shape index (κ2) is 8.88. The Morgan fingerprint density at radius 3 is 2.61 bits per heavy atom. The van der Waals surface area contributed by atoms with Crippen LogP contribution in [0.15, 0.2) is 78.0 Å². The smallest absolute Gasteiger partial charge is 0.240 e. The minimum absolute atomic E-state index is 0.220. The van der Waals surface area contributed by atoms with Crippen molar-refractivity contribution in [2.45, 2.75) is 23.4 Å². The standard InChI is InChI=1S/C24H19ClFN5OS/c1-14-7-10-17(25)13-19(14)27-23(32)21-20(15-8-11-18(26)12-9-15)30-31-22(28-29-24(31)33-21)16-5-3-2-4-6-16/h2-13,20-21,30H,1H3,(H,27,32)/t20-,21-/m0/s1. The van der Waals surface area contributed by atoms with E-state index in [2.05, 4.69) is 20.9 Å². The van der Waals surface area contributed by atoms with Crippen LogP contribution in [0.1, 0.15) is 17.2 Å². The molecule has 1 aliphatic rings. The maximum atomic E-state index is 13.6. The molecule has 5 rings (SSSR count). The maximum absolute atomic E-state index is 13.6. The molecular formula is C24H19ClFN5OS. The molecule has 1 aliphatic heterocycles. The van der Waals surface area contributed by atoms with Crippen LogP contribution in [0.4, 0.5) is 10.1 Å². The molecule has 166 valence electrons. The van der Waals surface area contributed by atoms with Gasteiger partial charge in [0.15, 0.2) is 5.82 Å². The second-order valence-corrected chi connectivity index (χ2v) is 9.20. The molecule has 1 aromatic heterocycles. The van der Waals surface area contributed by atoms with E-state index in [4.69, 9.17) is 11.6 Å². The van der Waals surface area contributed by atoms with Crippen molar-refractivity contribution in [2.75, 3.05) is 10.7 Å². The molecule has 9 heteroatoms. The zero-order valence-electron chi connectivity index (χ0n) is 17.5. The SMILES string of the molecule is Cc1ccc(Cl)cc1NC(=O)[C@H]1Sc2nnc(-c3ccccc3)n2N[C@H]1c1ccc(F)cc1. The summed E-state index contributed by atoms with van der Waals surface area (Å²) in [5, 5.41) is 12.1. The summed E-state index contributed by atoms with van der Waals surface area (Å²) in [7, 11) is 0. The van der Waals surface area contributed by atoms with Crippen molar-refractivity contribution in [3.63, 3.8) is 0 Å². The van der Waals surface area contributed by atoms with Crippen molar-refractivity contribution in [2.24, 2.45) is 0 Å². The summed E-state index contributed by atoms with van der Waals surface area (Å²) in [6.07, 6.45) is 0. The normalized spacial score (nSPS) is 17.2. The number of amides is 1. The van der Waals surface area contributed by atoms with E-state index >= 15 is 0 Å². The number of thioether (sulfide) groups is 1. The number of halogens is 2. The average Bonchev–Trinajstić information content (AvgIpc) is 3.25. The zero-order valence-corrected chi connectivity index (χ0v) is 19.1. The van der Waals surface area contributed by atoms with Crippen LogP contribution in [0.2, 0.25) is 5.02 Å². The summed E-state index contributed by atoms with van der Waals surface area (Å²) in [5.41, 5.74) is 6.58. The molecule has 1 amide bonds. The fourth-order valence-electron chi connectivity index (χ4n) is 3.68. The van der Waals surface area contributed by atoms with Gasteiger partial charge in [-0.05, 0) is 42.3 Å². The van der Waals surface area contributed by atoms with Crippen LogP contribution < -0.4 is 10.7 Å². The van der Waals surface area contributed by atoms with Gasteiger partial charge in [-0.3, -0.25) is 4.79 Å². The molecule has 0 saturated carbocycles. The Morgan fingerprint density at radius 2 is 1.85 bits per heavy atom. The maximum Gasteiger partial charge on any atom is 0.240 e. The van der Waals surface area contributed by atoms with Crippen molar-refractivity contribution in [3.8, 4) is 11.4 Å². The van der Waals surface area contributed by atoms with Crippen LogP contribution in [0, 0.1) is 12.7 Å². The molecule has 2 heterocycles. The highest BCUT2D eigenvalue weighted by Gasteiger charge is 2.38. The predicted molar refractivity (Wildman–Crippen MR) is 128 cm³/mol. The summed E-state index contributed by atoms with van der Waals surface area (Å²) in [6, 6.07) is 20.7. The number of nitrogens with one attached hydrogen (secondary N) is 2. The van der Waals surface area contributed by atoms with Crippen LogP contribution >= 0.6 is 23.4 Å². The molecule has 2 atom stereocenters. The molecule has 0 fully saturated rings. The van der Waals surface area contributed by atoms with Crippen molar-refractivity contribution in [1.82, 2.24) is 14.9 Å². The van der Waals surface area contributed by atoms with Crippen LogP contribution in [0.5, 0.6) is 0 Å². The molecule has 0 spiro atoms. The molecule has 6 nitrogen and oxygen atoms in total. The number of carbonyl (C=O) groups is 1. The van der Waals surface area contributed by atoms with E-state index < -0.39 is 11.3 Å². The van der Waals surface area contributed by atoms with Gasteiger partial charge in [-0.25, -0.2) is 9.07 Å². The zero-order chi connectivity index (χ0) is 22.9. The highest BCUT2D eigenvalue weighted by atomic mass is 35.5. The van der Waals surface area contributed by atoms with Crippen molar-refractivity contribution < 1.29 is 9.18 Å². The molecule has 0 unspecified atom stereocenters. The third-order valence-electron chi connectivity index (χ3n) is 5.41. The first-order valence-electron chi connectivity index (χ1n) is 10.3. The molecule has 4 aromatic rings. The Hall–Kier alpha value is -3.36. The molecule has 3 aromatic carbocycles. The number of anilines is 1. The van der Waals surface area contributed by atoms with Gasteiger partial charge in [0, 0.05) is 16.3 Å². The highest BCUT2D eigenvalue weighted by Crippen LogP contribution is 2.39. The van der Waals surface area contributed by atoms with Gasteiger partial charge in [0.2, 0.25) is 11.1 Å². The van der Waals surface area contributed by atoms with Crippen LogP contribution in [0.25, 0.3) is 11.4 Å². The number of benzene rings is 3. The third kappa shape index (κ3) is 4.31. The number of rotatable bonds is 4. The quantitative estimate of drug-likeness (QED) is 0.407. The summed E-state index contributed by atoms with van der Waals surface area (Å²) in [5.74, 6) is 0.0742. The molecular weight excluding hydrogens is 461 g/mol. The molecule has 0 aliphatic carbocycles. The van der Waals surface area contributed by atoms with Gasteiger partial charge in [0.05, 0.1) is 6.04 Å². The van der Waals surface area contributed by atoms with E-state index in [1.807, 2.05) is 43.3 Å². The summed E-state index contributed by atoms with van der Waals surface area (Å²) < 4.78 is 15.4. The number of aromatic nitrogens is 3. The van der Waals surface area contributed by atoms with Gasteiger partial charge in [0.25, 0.3) is 0 Å². The number of carbonyl (C=O) groups excluding carboxylic acids is 1. The number of hydrogen-bond acceptors (Lipinski definition) is 5. The number of hydrogen-bond donors (Lipinski definition) is 2. The summed E-state index contributed by atoms with van der Waals surface area (Å²) in [4.78, 5) is 13.4. The first kappa shape index (κ1) is 21.5. The minimum Gasteiger partial charge on any atom is -0.325 e. The Kier molecular flexibility index (Phi) is 5.78. The van der Waals surface area contributed by atoms with E-state index in [0.717, 1.165) is 16.7 Å². The van der Waals surface area contributed by atoms with Crippen LogP contribution in [0.3, 0.4) is 0 Å². The first-order valence-corrected chi connectivity index (χ1v) is 11.5. The Morgan fingerprint density at radius 1 is 1.09 bits per heavy atom. The van der Waals surface area contributed by atoms with Crippen molar-refractivity contribution in [3.05, 3.63) is 94.8 Å². The lowest BCUT2D eigenvalue weighted by Crippen LogP contribution is -2.41. The number of aryl methyl sites for hydroxylation is 1. The lowest BCUT2D eigenvalue weighted by molar-refractivity contribution is -0.116. The van der Waals surface area contributed by atoms with Crippen molar-refractivity contribution in [1.29, 1.82) is 0 Å². The summed E-state index contributed by atoms with van der Waals surface area (Å²) >= 11 is 7.43. The minimum atomic E-state index is -0.589. The fourth-order valence-corrected chi connectivity index (χ4v) is 4.93. The van der Waals surface area contributed by atoms with E-state index in [9.17, 15) is 9.18 Å². The van der Waals surface area contributed by atoms with E-state index in [0.29, 0.717) is 21.7 Å². The molecule has 2 N–H and O–H groups in total. The lowest BCUT2D eigenvalue weighted by Gasteiger charge is -2.33. The molecule has 33 heavy (non-hydrogen) atoms. The van der Waals surface area contributed by atoms with Gasteiger partial charge < -0.3 is 10.7 Å². The van der Waals surface area contributed by atoms with E-state index in [1.54, 1.807) is 28.9 Å². The van der Waals surface area contributed by atoms with Crippen LogP contribution in [-0.4, -0.2) is 26.0 Å². The monoisotopic (exact) mass is 479 g/mol. The van der Waals surface area contributed by atoms with Crippen molar-refractivity contribution >= 4 is 35.0 Å². The van der Waals surface area contributed by atoms with E-state index in [-0.39, 0.29) is 11.7 Å². The predicted octanol–water partition coefficient (Wildman–Crippen LogP) is 5.44. The first-order chi connectivity index (χ1) is 16.0. The summed E-state index contributed by atoms with van der Waals surface area (Å²) in [6.45, 7) is 1.90. The van der Waals surface area contributed by atoms with Crippen LogP contribution in [-0.2, 0) is 4.79 Å². The Bertz CT molecular complexity index is 1310. The van der Waals surface area contributed by atoms with Gasteiger partial charge in [-0.2, -0.15) is 0 Å². The van der Waals surface area contributed by atoms with Gasteiger partial charge >= 0.3 is 0 Å². The number of nitrogens with zero attached hydrogens (tertiary/aromatic N) is 3.